The van der Waals surface area contributed by atoms with Crippen molar-refractivity contribution in [3.8, 4) is 5.88 Å². The lowest BCUT2D eigenvalue weighted by Gasteiger charge is -2.23. The van der Waals surface area contributed by atoms with Crippen LogP contribution in [0.3, 0.4) is 0 Å². The summed E-state index contributed by atoms with van der Waals surface area (Å²) in [5.41, 5.74) is 0.838. The number of sulfonamides is 1. The SMILES string of the molecule is COc1ccc(CN(C(C)C)S(C)(=O)=O)cn1. The number of nitrogens with zero attached hydrogens (tertiary/aromatic N) is 2. The van der Waals surface area contributed by atoms with Gasteiger partial charge in [-0.2, -0.15) is 4.31 Å². The Kier molecular flexibility index (Phi) is 4.47. The fraction of sp³-hybridized carbons (Fsp3) is 0.545. The summed E-state index contributed by atoms with van der Waals surface area (Å²) in [6.45, 7) is 4.02. The Morgan fingerprint density at radius 2 is 2.06 bits per heavy atom. The van der Waals surface area contributed by atoms with E-state index in [4.69, 9.17) is 4.74 Å². The van der Waals surface area contributed by atoms with Gasteiger partial charge in [-0.05, 0) is 19.4 Å². The van der Waals surface area contributed by atoms with Crippen LogP contribution in [-0.2, 0) is 16.6 Å². The van der Waals surface area contributed by atoms with Gasteiger partial charge >= 0.3 is 0 Å². The van der Waals surface area contributed by atoms with Gasteiger partial charge in [0.25, 0.3) is 0 Å². The number of methoxy groups -OCH3 is 1. The molecule has 0 spiro atoms. The second kappa shape index (κ2) is 5.46. The van der Waals surface area contributed by atoms with Crippen LogP contribution in [0, 0.1) is 0 Å². The molecule has 0 aromatic carbocycles. The zero-order valence-corrected chi connectivity index (χ0v) is 11.4. The normalized spacial score (nSPS) is 12.1. The Hall–Kier alpha value is -1.14. The van der Waals surface area contributed by atoms with E-state index in [-0.39, 0.29) is 6.04 Å². The molecule has 17 heavy (non-hydrogen) atoms. The predicted molar refractivity (Wildman–Crippen MR) is 66.3 cm³/mol. The summed E-state index contributed by atoms with van der Waals surface area (Å²) in [6.07, 6.45) is 2.84. The molecule has 0 amide bonds. The van der Waals surface area contributed by atoms with E-state index < -0.39 is 10.0 Å². The molecule has 0 bridgehead atoms. The molecule has 1 rings (SSSR count). The highest BCUT2D eigenvalue weighted by atomic mass is 32.2. The molecule has 6 heteroatoms. The highest BCUT2D eigenvalue weighted by molar-refractivity contribution is 7.88. The first-order chi connectivity index (χ1) is 7.84. The van der Waals surface area contributed by atoms with Gasteiger partial charge in [-0.1, -0.05) is 6.07 Å². The lowest BCUT2D eigenvalue weighted by molar-refractivity contribution is 0.350. The maximum absolute atomic E-state index is 11.6. The first-order valence-electron chi connectivity index (χ1n) is 5.30. The van der Waals surface area contributed by atoms with Crippen LogP contribution >= 0.6 is 0 Å². The van der Waals surface area contributed by atoms with Gasteiger partial charge in [0, 0.05) is 24.8 Å². The number of hydrogen-bond acceptors (Lipinski definition) is 4. The van der Waals surface area contributed by atoms with Crippen LogP contribution in [-0.4, -0.2) is 37.1 Å². The summed E-state index contributed by atoms with van der Waals surface area (Å²) in [5.74, 6) is 0.518. The number of ether oxygens (including phenoxy) is 1. The minimum Gasteiger partial charge on any atom is -0.481 e. The summed E-state index contributed by atoms with van der Waals surface area (Å²) in [7, 11) is -1.66. The van der Waals surface area contributed by atoms with E-state index in [2.05, 4.69) is 4.98 Å². The van der Waals surface area contributed by atoms with E-state index in [1.54, 1.807) is 19.4 Å². The molecule has 0 aliphatic carbocycles. The zero-order chi connectivity index (χ0) is 13.1. The molecule has 0 unspecified atom stereocenters. The lowest BCUT2D eigenvalue weighted by atomic mass is 10.2. The first-order valence-corrected chi connectivity index (χ1v) is 7.15. The third-order valence-corrected chi connectivity index (χ3v) is 3.75. The number of pyridine rings is 1. The van der Waals surface area contributed by atoms with E-state index in [1.165, 1.54) is 10.6 Å². The Morgan fingerprint density at radius 1 is 1.41 bits per heavy atom. The topological polar surface area (TPSA) is 59.5 Å². The number of hydrogen-bond donors (Lipinski definition) is 0. The van der Waals surface area contributed by atoms with Gasteiger partial charge in [0.05, 0.1) is 13.4 Å². The van der Waals surface area contributed by atoms with Crippen molar-refractivity contribution >= 4 is 10.0 Å². The number of rotatable bonds is 5. The van der Waals surface area contributed by atoms with Gasteiger partial charge in [-0.3, -0.25) is 0 Å². The van der Waals surface area contributed by atoms with Crippen LogP contribution in [0.1, 0.15) is 19.4 Å². The highest BCUT2D eigenvalue weighted by Gasteiger charge is 2.20. The summed E-state index contributed by atoms with van der Waals surface area (Å²) >= 11 is 0. The van der Waals surface area contributed by atoms with Gasteiger partial charge in [-0.15, -0.1) is 0 Å². The second-order valence-electron chi connectivity index (χ2n) is 4.11. The van der Waals surface area contributed by atoms with Crippen LogP contribution in [0.25, 0.3) is 0 Å². The fourth-order valence-electron chi connectivity index (χ4n) is 1.49. The van der Waals surface area contributed by atoms with Crippen LogP contribution in [0.5, 0.6) is 5.88 Å². The van der Waals surface area contributed by atoms with Crippen LogP contribution < -0.4 is 4.74 Å². The quantitative estimate of drug-likeness (QED) is 0.797. The van der Waals surface area contributed by atoms with Gasteiger partial charge in [-0.25, -0.2) is 13.4 Å². The summed E-state index contributed by atoms with van der Waals surface area (Å²) in [6, 6.07) is 3.45. The van der Waals surface area contributed by atoms with Crippen LogP contribution in [0.15, 0.2) is 18.3 Å². The van der Waals surface area contributed by atoms with Gasteiger partial charge < -0.3 is 4.74 Å². The number of aromatic nitrogens is 1. The van der Waals surface area contributed by atoms with Crippen molar-refractivity contribution in [2.24, 2.45) is 0 Å². The molecule has 0 aliphatic rings. The molecule has 0 atom stereocenters. The van der Waals surface area contributed by atoms with E-state index in [0.717, 1.165) is 5.56 Å². The van der Waals surface area contributed by atoms with Crippen molar-refractivity contribution in [2.45, 2.75) is 26.4 Å². The Morgan fingerprint density at radius 3 is 2.41 bits per heavy atom. The minimum absolute atomic E-state index is 0.0768. The second-order valence-corrected chi connectivity index (χ2v) is 6.05. The fourth-order valence-corrected chi connectivity index (χ4v) is 2.64. The highest BCUT2D eigenvalue weighted by Crippen LogP contribution is 2.13. The molecule has 0 fully saturated rings. The smallest absolute Gasteiger partial charge is 0.212 e. The molecule has 0 saturated carbocycles. The van der Waals surface area contributed by atoms with Crippen LogP contribution in [0.2, 0.25) is 0 Å². The maximum atomic E-state index is 11.6. The summed E-state index contributed by atoms with van der Waals surface area (Å²) in [5, 5.41) is 0. The monoisotopic (exact) mass is 258 g/mol. The lowest BCUT2D eigenvalue weighted by Crippen LogP contribution is -2.35. The van der Waals surface area contributed by atoms with Crippen molar-refractivity contribution in [2.75, 3.05) is 13.4 Å². The summed E-state index contributed by atoms with van der Waals surface area (Å²) < 4.78 is 29.5. The molecule has 0 N–H and O–H groups in total. The third kappa shape index (κ3) is 3.98. The van der Waals surface area contributed by atoms with Gasteiger partial charge in [0.15, 0.2) is 0 Å². The Balaban J connectivity index is 2.87. The first kappa shape index (κ1) is 13.9. The Labute approximate surface area is 102 Å². The molecule has 1 aromatic heterocycles. The summed E-state index contributed by atoms with van der Waals surface area (Å²) in [4.78, 5) is 4.05. The molecule has 1 aromatic rings. The van der Waals surface area contributed by atoms with Crippen molar-refractivity contribution in [3.63, 3.8) is 0 Å². The zero-order valence-electron chi connectivity index (χ0n) is 10.5. The molecular formula is C11H18N2O3S. The minimum atomic E-state index is -3.20. The molecule has 5 nitrogen and oxygen atoms in total. The largest absolute Gasteiger partial charge is 0.481 e. The standard InChI is InChI=1S/C11H18N2O3S/c1-9(2)13(17(4,14)15)8-10-5-6-11(16-3)12-7-10/h5-7,9H,8H2,1-4H3. The van der Waals surface area contributed by atoms with Crippen molar-refractivity contribution < 1.29 is 13.2 Å². The van der Waals surface area contributed by atoms with Crippen LogP contribution in [0.4, 0.5) is 0 Å². The van der Waals surface area contributed by atoms with Crippen molar-refractivity contribution in [1.82, 2.24) is 9.29 Å². The average Bonchev–Trinajstić information content (AvgIpc) is 2.24. The molecule has 0 aliphatic heterocycles. The van der Waals surface area contributed by atoms with E-state index in [9.17, 15) is 8.42 Å². The van der Waals surface area contributed by atoms with Crippen molar-refractivity contribution in [1.29, 1.82) is 0 Å². The third-order valence-electron chi connectivity index (χ3n) is 2.35. The average molecular weight is 258 g/mol. The van der Waals surface area contributed by atoms with E-state index in [1.807, 2.05) is 19.9 Å². The van der Waals surface area contributed by atoms with E-state index in [0.29, 0.717) is 12.4 Å². The molecule has 0 saturated heterocycles. The molecular weight excluding hydrogens is 240 g/mol. The molecule has 0 radical (unpaired) electrons. The van der Waals surface area contributed by atoms with Gasteiger partial charge in [0.2, 0.25) is 15.9 Å². The van der Waals surface area contributed by atoms with Crippen molar-refractivity contribution in [3.05, 3.63) is 23.9 Å². The molecule has 1 heterocycles. The van der Waals surface area contributed by atoms with E-state index >= 15 is 0 Å². The maximum Gasteiger partial charge on any atom is 0.212 e. The Bertz CT molecular complexity index is 454. The predicted octanol–water partition coefficient (Wildman–Crippen LogP) is 1.26. The van der Waals surface area contributed by atoms with Gasteiger partial charge in [0.1, 0.15) is 0 Å². The molecule has 96 valence electrons.